The minimum atomic E-state index is -0.172. The first kappa shape index (κ1) is 60.0. The summed E-state index contributed by atoms with van der Waals surface area (Å²) in [6.07, 6.45) is 0. The van der Waals surface area contributed by atoms with Crippen molar-refractivity contribution in [1.82, 2.24) is 29.9 Å². The summed E-state index contributed by atoms with van der Waals surface area (Å²) >= 11 is 0. The largest absolute Gasteiger partial charge is 0.456 e. The fourth-order valence-electron chi connectivity index (χ4n) is 15.2. The van der Waals surface area contributed by atoms with E-state index in [1.807, 2.05) is 133 Å². The van der Waals surface area contributed by atoms with Gasteiger partial charge in [0.15, 0.2) is 34.9 Å². The highest BCUT2D eigenvalue weighted by molar-refractivity contribution is 6.11. The quantitative estimate of drug-likeness (QED) is 0.148. The van der Waals surface area contributed by atoms with Crippen molar-refractivity contribution in [2.24, 2.45) is 0 Å². The molecule has 0 saturated heterocycles. The van der Waals surface area contributed by atoms with Crippen molar-refractivity contribution in [3.05, 3.63) is 301 Å². The molecule has 0 saturated carbocycles. The molecule has 0 fully saturated rings. The molecule has 0 aliphatic heterocycles. The van der Waals surface area contributed by atoms with Crippen LogP contribution >= 0.6 is 0 Å². The fourth-order valence-corrected chi connectivity index (χ4v) is 15.2. The lowest BCUT2D eigenvalue weighted by Crippen LogP contribution is -2.43. The van der Waals surface area contributed by atoms with Gasteiger partial charge in [0.1, 0.15) is 22.3 Å². The van der Waals surface area contributed by atoms with Crippen LogP contribution in [-0.2, 0) is 21.7 Å². The van der Waals surface area contributed by atoms with E-state index in [-0.39, 0.29) is 21.7 Å². The summed E-state index contributed by atoms with van der Waals surface area (Å²) in [5.41, 5.74) is 24.1. The van der Waals surface area contributed by atoms with E-state index in [9.17, 15) is 0 Å². The van der Waals surface area contributed by atoms with Gasteiger partial charge in [-0.1, -0.05) is 292 Å². The number of aromatic nitrogens is 6. The van der Waals surface area contributed by atoms with Gasteiger partial charge in [0.05, 0.1) is 0 Å². The summed E-state index contributed by atoms with van der Waals surface area (Å²) < 4.78 is 12.7. The van der Waals surface area contributed by atoms with E-state index in [2.05, 4.69) is 201 Å². The Morgan fingerprint density at radius 3 is 0.898 bits per heavy atom. The standard InChI is InChI=1S/2C45H35N3O/c1-44(2)36-27-31(22-23-33(36)34-24-25-38-39(40(34)45(44,3)4)35-20-11-12-21-37(35)49-38)30-18-13-19-32(26-30)43-47-41(28-14-7-5-8-15-28)46-42(48-43)29-16-9-6-10-17-29;1-44(2)36-27-32(23-24-33(36)34-25-26-38-39(40(34)45(44,3)4)35-17-11-12-18-37(35)49-38)28-19-21-31(22-20-28)43-47-41(29-13-7-5-8-14-29)46-42(48-43)30-15-9-6-10-16-30/h2*5-27H,1-4H3. The number of fused-ring (bicyclic) bond motifs is 14. The van der Waals surface area contributed by atoms with Crippen LogP contribution in [0.2, 0.25) is 0 Å². The number of hydrogen-bond donors (Lipinski definition) is 0. The van der Waals surface area contributed by atoms with E-state index < -0.39 is 0 Å². The summed E-state index contributed by atoms with van der Waals surface area (Å²) in [5, 5.41) is 4.83. The van der Waals surface area contributed by atoms with Crippen LogP contribution in [-0.4, -0.2) is 29.9 Å². The number of rotatable bonds is 8. The van der Waals surface area contributed by atoms with Gasteiger partial charge in [0, 0.05) is 65.8 Å². The van der Waals surface area contributed by atoms with Gasteiger partial charge in [-0.3, -0.25) is 0 Å². The van der Waals surface area contributed by atoms with Crippen molar-refractivity contribution in [3.63, 3.8) is 0 Å². The normalized spacial score (nSPS) is 14.4. The molecule has 0 atom stereocenters. The highest BCUT2D eigenvalue weighted by atomic mass is 16.3. The molecule has 0 spiro atoms. The maximum absolute atomic E-state index is 6.34. The molecule has 98 heavy (non-hydrogen) atoms. The molecular formula is C90H70N6O2. The van der Waals surface area contributed by atoms with E-state index in [1.54, 1.807) is 0 Å². The molecule has 12 aromatic carbocycles. The Kier molecular flexibility index (Phi) is 14.1. The molecule has 0 N–H and O–H groups in total. The van der Waals surface area contributed by atoms with Crippen LogP contribution in [0.3, 0.4) is 0 Å². The van der Waals surface area contributed by atoms with Crippen LogP contribution in [0.15, 0.2) is 288 Å². The highest BCUT2D eigenvalue weighted by Crippen LogP contribution is 2.59. The van der Waals surface area contributed by atoms with Crippen LogP contribution in [0, 0.1) is 0 Å². The minimum absolute atomic E-state index is 0.148. The lowest BCUT2D eigenvalue weighted by atomic mass is 9.54. The topological polar surface area (TPSA) is 104 Å². The fraction of sp³-hybridized carbons (Fsp3) is 0.133. The van der Waals surface area contributed by atoms with Crippen molar-refractivity contribution in [2.75, 3.05) is 0 Å². The second kappa shape index (κ2) is 23.0. The average Bonchev–Trinajstić information content (AvgIpc) is 1.18. The molecule has 2 aliphatic rings. The average molecular weight is 1270 g/mol. The van der Waals surface area contributed by atoms with Gasteiger partial charge in [-0.25, -0.2) is 29.9 Å². The highest BCUT2D eigenvalue weighted by Gasteiger charge is 2.49. The molecular weight excluding hydrogens is 1200 g/mol. The van der Waals surface area contributed by atoms with Crippen molar-refractivity contribution < 1.29 is 8.83 Å². The third-order valence-corrected chi connectivity index (χ3v) is 21.8. The SMILES string of the molecule is CC1(C)c2cc(-c3ccc(-c4nc(-c5ccccc5)nc(-c5ccccc5)n4)cc3)ccc2-c2ccc3oc4ccccc4c3c2C1(C)C.CC1(C)c2cc(-c3cccc(-c4nc(-c5ccccc5)nc(-c5ccccc5)n4)c3)ccc2-c2ccc3oc4ccccc4c3c2C1(C)C. The molecule has 0 unspecified atom stereocenters. The van der Waals surface area contributed by atoms with E-state index >= 15 is 0 Å². The lowest BCUT2D eigenvalue weighted by Gasteiger charge is -2.48. The molecule has 2 aliphatic carbocycles. The number of nitrogens with zero attached hydrogens (tertiary/aromatic N) is 6. The van der Waals surface area contributed by atoms with Crippen LogP contribution in [0.1, 0.15) is 77.6 Å². The van der Waals surface area contributed by atoms with E-state index in [0.717, 1.165) is 66.8 Å². The molecule has 4 heterocycles. The third kappa shape index (κ3) is 9.79. The van der Waals surface area contributed by atoms with Crippen LogP contribution in [0.4, 0.5) is 0 Å². The number of benzene rings is 12. The molecule has 16 aromatic rings. The molecule has 0 bridgehead atoms. The maximum Gasteiger partial charge on any atom is 0.164 e. The second-order valence-corrected chi connectivity index (χ2v) is 28.2. The third-order valence-electron chi connectivity index (χ3n) is 21.8. The summed E-state index contributed by atoms with van der Waals surface area (Å²) in [4.78, 5) is 29.5. The Balaban J connectivity index is 0.000000147. The molecule has 472 valence electrons. The summed E-state index contributed by atoms with van der Waals surface area (Å²) in [6, 6.07) is 97.2. The predicted octanol–water partition coefficient (Wildman–Crippen LogP) is 23.3. The zero-order valence-electron chi connectivity index (χ0n) is 56.1. The van der Waals surface area contributed by atoms with Crippen LogP contribution < -0.4 is 0 Å². The first-order chi connectivity index (χ1) is 47.6. The van der Waals surface area contributed by atoms with Gasteiger partial charge in [-0.05, 0) is 120 Å². The Labute approximate surface area is 570 Å². The van der Waals surface area contributed by atoms with Crippen molar-refractivity contribution in [1.29, 1.82) is 0 Å². The van der Waals surface area contributed by atoms with E-state index in [1.165, 1.54) is 77.2 Å². The molecule has 4 aromatic heterocycles. The van der Waals surface area contributed by atoms with Gasteiger partial charge in [0.25, 0.3) is 0 Å². The lowest BCUT2D eigenvalue weighted by molar-refractivity contribution is 0.301. The van der Waals surface area contributed by atoms with Crippen molar-refractivity contribution >= 4 is 43.9 Å². The zero-order valence-corrected chi connectivity index (χ0v) is 56.1. The Morgan fingerprint density at radius 1 is 0.214 bits per heavy atom. The Hall–Kier alpha value is -11.7. The first-order valence-electron chi connectivity index (χ1n) is 33.7. The van der Waals surface area contributed by atoms with Gasteiger partial charge < -0.3 is 8.83 Å². The predicted molar refractivity (Wildman–Crippen MR) is 401 cm³/mol. The Bertz CT molecular complexity index is 5680. The smallest absolute Gasteiger partial charge is 0.164 e. The Morgan fingerprint density at radius 2 is 0.500 bits per heavy atom. The van der Waals surface area contributed by atoms with E-state index in [4.69, 9.17) is 38.7 Å². The number of hydrogen-bond acceptors (Lipinski definition) is 8. The van der Waals surface area contributed by atoms with Gasteiger partial charge in [-0.2, -0.15) is 0 Å². The molecule has 8 nitrogen and oxygen atoms in total. The number of para-hydroxylation sites is 2. The zero-order chi connectivity index (χ0) is 66.7. The molecule has 0 radical (unpaired) electrons. The number of furan rings is 2. The molecule has 8 heteroatoms. The monoisotopic (exact) mass is 1270 g/mol. The maximum atomic E-state index is 6.34. The summed E-state index contributed by atoms with van der Waals surface area (Å²) in [6.45, 7) is 19.1. The molecule has 18 rings (SSSR count). The second-order valence-electron chi connectivity index (χ2n) is 28.2. The van der Waals surface area contributed by atoms with Gasteiger partial charge in [-0.15, -0.1) is 0 Å². The van der Waals surface area contributed by atoms with E-state index in [0.29, 0.717) is 34.9 Å². The minimum Gasteiger partial charge on any atom is -0.456 e. The summed E-state index contributed by atoms with van der Waals surface area (Å²) in [7, 11) is 0. The molecule has 0 amide bonds. The van der Waals surface area contributed by atoms with Crippen molar-refractivity contribution in [2.45, 2.75) is 77.0 Å². The van der Waals surface area contributed by atoms with Gasteiger partial charge in [0.2, 0.25) is 0 Å². The van der Waals surface area contributed by atoms with Gasteiger partial charge >= 0.3 is 0 Å². The van der Waals surface area contributed by atoms with Crippen LogP contribution in [0.25, 0.3) is 157 Å². The van der Waals surface area contributed by atoms with Crippen molar-refractivity contribution in [3.8, 4) is 113 Å². The summed E-state index contributed by atoms with van der Waals surface area (Å²) in [5.74, 6) is 3.95. The van der Waals surface area contributed by atoms with Crippen LogP contribution in [0.5, 0.6) is 0 Å². The first-order valence-corrected chi connectivity index (χ1v) is 33.7.